The number of ether oxygens (including phenoxy) is 1. The maximum atomic E-state index is 13.3. The molecule has 0 radical (unpaired) electrons. The van der Waals surface area contributed by atoms with Gasteiger partial charge in [-0.1, -0.05) is 17.3 Å². The molecule has 0 atom stereocenters. The van der Waals surface area contributed by atoms with Crippen molar-refractivity contribution in [3.63, 3.8) is 0 Å². The summed E-state index contributed by atoms with van der Waals surface area (Å²) < 4.78 is 32.5. The summed E-state index contributed by atoms with van der Waals surface area (Å²) in [5, 5.41) is 12.6. The number of carbonyl (C=O) groups is 3. The van der Waals surface area contributed by atoms with E-state index in [9.17, 15) is 23.2 Å². The van der Waals surface area contributed by atoms with Crippen LogP contribution in [0.3, 0.4) is 0 Å². The van der Waals surface area contributed by atoms with Crippen LogP contribution in [0.5, 0.6) is 0 Å². The number of benzene rings is 2. The predicted molar refractivity (Wildman–Crippen MR) is 110 cm³/mol. The zero-order valence-corrected chi connectivity index (χ0v) is 17.2. The highest BCUT2D eigenvalue weighted by Gasteiger charge is 2.20. The van der Waals surface area contributed by atoms with Crippen molar-refractivity contribution in [1.29, 1.82) is 0 Å². The lowest BCUT2D eigenvalue weighted by Gasteiger charge is -2.10. The van der Waals surface area contributed by atoms with Gasteiger partial charge in [-0.15, -0.1) is 5.10 Å². The smallest absolute Gasteiger partial charge is 0.340 e. The van der Waals surface area contributed by atoms with E-state index in [1.165, 1.54) is 23.7 Å². The van der Waals surface area contributed by atoms with Crippen molar-refractivity contribution in [2.24, 2.45) is 0 Å². The Kier molecular flexibility index (Phi) is 6.88. The zero-order valence-electron chi connectivity index (χ0n) is 17.2. The molecule has 32 heavy (non-hydrogen) atoms. The highest BCUT2D eigenvalue weighted by molar-refractivity contribution is 6.04. The first-order valence-corrected chi connectivity index (χ1v) is 9.52. The van der Waals surface area contributed by atoms with E-state index in [4.69, 9.17) is 4.74 Å². The van der Waals surface area contributed by atoms with Gasteiger partial charge in [0.2, 0.25) is 5.91 Å². The normalized spacial score (nSPS) is 10.5. The molecule has 3 rings (SSSR count). The largest absolute Gasteiger partial charge is 0.462 e. The van der Waals surface area contributed by atoms with Crippen LogP contribution >= 0.6 is 0 Å². The molecule has 2 amide bonds. The van der Waals surface area contributed by atoms with Gasteiger partial charge in [0, 0.05) is 11.8 Å². The SMILES string of the molecule is CCOC(=O)c1ccccc1NC(=O)Cn1nnc(C(=O)Nc2ccc(F)c(F)c2)c1C. The van der Waals surface area contributed by atoms with Gasteiger partial charge < -0.3 is 15.4 Å². The molecule has 0 saturated carbocycles. The number of carbonyl (C=O) groups excluding carboxylic acids is 3. The molecule has 9 nitrogen and oxygen atoms in total. The third-order valence-corrected chi connectivity index (χ3v) is 4.36. The second-order valence-corrected chi connectivity index (χ2v) is 6.58. The lowest BCUT2D eigenvalue weighted by atomic mass is 10.2. The maximum Gasteiger partial charge on any atom is 0.340 e. The van der Waals surface area contributed by atoms with Gasteiger partial charge in [-0.05, 0) is 38.1 Å². The number of hydrogen-bond acceptors (Lipinski definition) is 6. The molecule has 0 bridgehead atoms. The van der Waals surface area contributed by atoms with Gasteiger partial charge in [-0.3, -0.25) is 9.59 Å². The molecule has 0 aliphatic rings. The number of amides is 2. The van der Waals surface area contributed by atoms with Gasteiger partial charge >= 0.3 is 5.97 Å². The highest BCUT2D eigenvalue weighted by Crippen LogP contribution is 2.17. The Bertz CT molecular complexity index is 1180. The minimum absolute atomic E-state index is 0.0381. The van der Waals surface area contributed by atoms with E-state index in [1.54, 1.807) is 25.1 Å². The molecule has 1 heterocycles. The summed E-state index contributed by atoms with van der Waals surface area (Å²) in [5.74, 6) is -3.93. The predicted octanol–water partition coefficient (Wildman–Crippen LogP) is 2.93. The number of nitrogens with one attached hydrogen (secondary N) is 2. The first-order chi connectivity index (χ1) is 15.3. The van der Waals surface area contributed by atoms with Crippen molar-refractivity contribution in [1.82, 2.24) is 15.0 Å². The number of anilines is 2. The second-order valence-electron chi connectivity index (χ2n) is 6.58. The Morgan fingerprint density at radius 2 is 1.81 bits per heavy atom. The van der Waals surface area contributed by atoms with Gasteiger partial charge in [0.25, 0.3) is 5.91 Å². The minimum atomic E-state index is -1.11. The quantitative estimate of drug-likeness (QED) is 0.543. The van der Waals surface area contributed by atoms with Gasteiger partial charge in [0.05, 0.1) is 23.6 Å². The molecule has 0 unspecified atom stereocenters. The van der Waals surface area contributed by atoms with E-state index >= 15 is 0 Å². The second kappa shape index (κ2) is 9.77. The first-order valence-electron chi connectivity index (χ1n) is 9.52. The Labute approximate surface area is 181 Å². The topological polar surface area (TPSA) is 115 Å². The van der Waals surface area contributed by atoms with Gasteiger partial charge in [0.1, 0.15) is 6.54 Å². The third-order valence-electron chi connectivity index (χ3n) is 4.36. The van der Waals surface area contributed by atoms with Crippen LogP contribution in [0.2, 0.25) is 0 Å². The van der Waals surface area contributed by atoms with E-state index < -0.39 is 29.4 Å². The number of nitrogens with zero attached hydrogens (tertiary/aromatic N) is 3. The fourth-order valence-corrected chi connectivity index (χ4v) is 2.79. The Hall–Kier alpha value is -4.15. The summed E-state index contributed by atoms with van der Waals surface area (Å²) in [6.45, 7) is 3.11. The number of para-hydroxylation sites is 1. The molecule has 0 fully saturated rings. The number of rotatable bonds is 7. The number of aromatic nitrogens is 3. The molecule has 0 aliphatic heterocycles. The van der Waals surface area contributed by atoms with Crippen LogP contribution in [0.4, 0.5) is 20.2 Å². The molecule has 2 N–H and O–H groups in total. The van der Waals surface area contributed by atoms with Gasteiger partial charge in [-0.2, -0.15) is 0 Å². The van der Waals surface area contributed by atoms with Crippen LogP contribution in [0.15, 0.2) is 42.5 Å². The van der Waals surface area contributed by atoms with Crippen LogP contribution in [0.25, 0.3) is 0 Å². The minimum Gasteiger partial charge on any atom is -0.462 e. The standard InChI is InChI=1S/C21H19F2N5O4/c1-3-32-21(31)14-6-4-5-7-17(14)25-18(29)11-28-12(2)19(26-27-28)20(30)24-13-8-9-15(22)16(23)10-13/h4-10H,3,11H2,1-2H3,(H,24,30)(H,25,29). The fraction of sp³-hybridized carbons (Fsp3) is 0.190. The fourth-order valence-electron chi connectivity index (χ4n) is 2.79. The molecule has 1 aromatic heterocycles. The average Bonchev–Trinajstić information content (AvgIpc) is 3.11. The number of halogens is 2. The molecule has 166 valence electrons. The lowest BCUT2D eigenvalue weighted by molar-refractivity contribution is -0.117. The lowest BCUT2D eigenvalue weighted by Crippen LogP contribution is -2.22. The van der Waals surface area contributed by atoms with Crippen molar-refractivity contribution in [3.05, 3.63) is 71.1 Å². The zero-order chi connectivity index (χ0) is 23.3. The Balaban J connectivity index is 1.69. The van der Waals surface area contributed by atoms with Crippen LogP contribution in [0, 0.1) is 18.6 Å². The van der Waals surface area contributed by atoms with E-state index in [0.717, 1.165) is 12.1 Å². The highest BCUT2D eigenvalue weighted by atomic mass is 19.2. The number of hydrogen-bond donors (Lipinski definition) is 2. The first kappa shape index (κ1) is 22.5. The van der Waals surface area contributed by atoms with Crippen molar-refractivity contribution >= 4 is 29.2 Å². The molecule has 0 spiro atoms. The summed E-state index contributed by atoms with van der Waals surface area (Å²) in [6, 6.07) is 9.29. The van der Waals surface area contributed by atoms with Crippen molar-refractivity contribution < 1.29 is 27.9 Å². The molecular formula is C21H19F2N5O4. The van der Waals surface area contributed by atoms with Crippen molar-refractivity contribution in [3.8, 4) is 0 Å². The summed E-state index contributed by atoms with van der Waals surface area (Å²) in [5.41, 5.74) is 0.694. The van der Waals surface area contributed by atoms with E-state index in [-0.39, 0.29) is 41.5 Å². The van der Waals surface area contributed by atoms with E-state index in [0.29, 0.717) is 0 Å². The molecule has 0 aliphatic carbocycles. The number of esters is 1. The van der Waals surface area contributed by atoms with Crippen LogP contribution in [0.1, 0.15) is 33.5 Å². The average molecular weight is 443 g/mol. The molecule has 0 saturated heterocycles. The summed E-state index contributed by atoms with van der Waals surface area (Å²) in [4.78, 5) is 36.9. The summed E-state index contributed by atoms with van der Waals surface area (Å²) in [6.07, 6.45) is 0. The molecule has 11 heteroatoms. The molecular weight excluding hydrogens is 424 g/mol. The van der Waals surface area contributed by atoms with E-state index in [1.807, 2.05) is 0 Å². The van der Waals surface area contributed by atoms with E-state index in [2.05, 4.69) is 20.9 Å². The third kappa shape index (κ3) is 5.12. The van der Waals surface area contributed by atoms with Crippen LogP contribution in [-0.4, -0.2) is 39.4 Å². The van der Waals surface area contributed by atoms with Crippen molar-refractivity contribution in [2.75, 3.05) is 17.2 Å². The van der Waals surface area contributed by atoms with Crippen molar-refractivity contribution in [2.45, 2.75) is 20.4 Å². The Morgan fingerprint density at radius 3 is 2.53 bits per heavy atom. The molecule has 2 aromatic carbocycles. The van der Waals surface area contributed by atoms with Gasteiger partial charge in [-0.25, -0.2) is 18.3 Å². The summed E-state index contributed by atoms with van der Waals surface area (Å²) in [7, 11) is 0. The maximum absolute atomic E-state index is 13.3. The summed E-state index contributed by atoms with van der Waals surface area (Å²) >= 11 is 0. The monoisotopic (exact) mass is 443 g/mol. The Morgan fingerprint density at radius 1 is 1.06 bits per heavy atom. The van der Waals surface area contributed by atoms with Crippen LogP contribution in [-0.2, 0) is 16.1 Å². The van der Waals surface area contributed by atoms with Crippen LogP contribution < -0.4 is 10.6 Å². The molecule has 3 aromatic rings. The van der Waals surface area contributed by atoms with Gasteiger partial charge in [0.15, 0.2) is 17.3 Å².